The summed E-state index contributed by atoms with van der Waals surface area (Å²) in [7, 11) is -3.40. The van der Waals surface area contributed by atoms with E-state index in [9.17, 15) is 8.42 Å². The molecule has 1 rings (SSSR count). The number of hydrogen-bond donors (Lipinski definition) is 2. The fourth-order valence-electron chi connectivity index (χ4n) is 1.03. The predicted molar refractivity (Wildman–Crippen MR) is 68.5 cm³/mol. The summed E-state index contributed by atoms with van der Waals surface area (Å²) in [6.45, 7) is 2.06. The number of nitrogens with one attached hydrogen (secondary N) is 1. The fraction of sp³-hybridized carbons (Fsp3) is 0.400. The van der Waals surface area contributed by atoms with Gasteiger partial charge in [0.15, 0.2) is 0 Å². The number of rotatable bonds is 6. The first kappa shape index (κ1) is 13.3. The van der Waals surface area contributed by atoms with E-state index in [-0.39, 0.29) is 4.90 Å². The summed E-state index contributed by atoms with van der Waals surface area (Å²) in [6.07, 6.45) is 2.05. The third-order valence-electron chi connectivity index (χ3n) is 1.96. The van der Waals surface area contributed by atoms with Crippen LogP contribution >= 0.6 is 11.9 Å². The van der Waals surface area contributed by atoms with Crippen molar-refractivity contribution in [2.45, 2.75) is 24.7 Å². The van der Waals surface area contributed by atoms with Gasteiger partial charge in [-0.25, -0.2) is 8.42 Å². The molecule has 0 fully saturated rings. The second-order valence-corrected chi connectivity index (χ2v) is 6.20. The number of unbranched alkanes of at least 4 members (excludes halogenated alkanes) is 1. The van der Waals surface area contributed by atoms with Gasteiger partial charge in [0.25, 0.3) is 0 Å². The van der Waals surface area contributed by atoms with Gasteiger partial charge < -0.3 is 5.73 Å². The summed E-state index contributed by atoms with van der Waals surface area (Å²) in [4.78, 5) is 0.241. The number of hydrogen-bond acceptors (Lipinski definition) is 4. The van der Waals surface area contributed by atoms with Crippen LogP contribution in [0.2, 0.25) is 0 Å². The van der Waals surface area contributed by atoms with E-state index in [1.165, 1.54) is 24.1 Å². The Morgan fingerprint density at radius 1 is 1.31 bits per heavy atom. The first-order valence-corrected chi connectivity index (χ1v) is 7.52. The molecule has 4 nitrogen and oxygen atoms in total. The SMILES string of the molecule is CCCCSNS(=O)(=O)c1ccc(N)cc1. The molecule has 16 heavy (non-hydrogen) atoms. The topological polar surface area (TPSA) is 72.2 Å². The lowest BCUT2D eigenvalue weighted by Crippen LogP contribution is -2.17. The molecule has 0 amide bonds. The third-order valence-corrected chi connectivity index (χ3v) is 4.69. The van der Waals surface area contributed by atoms with Crippen LogP contribution in [0.4, 0.5) is 5.69 Å². The van der Waals surface area contributed by atoms with Gasteiger partial charge in [0, 0.05) is 11.4 Å². The Morgan fingerprint density at radius 2 is 1.94 bits per heavy atom. The minimum absolute atomic E-state index is 0.241. The molecule has 0 saturated heterocycles. The smallest absolute Gasteiger partial charge is 0.249 e. The third kappa shape index (κ3) is 4.03. The van der Waals surface area contributed by atoms with Gasteiger partial charge in [-0.3, -0.25) is 0 Å². The van der Waals surface area contributed by atoms with Crippen molar-refractivity contribution >= 4 is 27.7 Å². The zero-order chi connectivity index (χ0) is 12.0. The average Bonchev–Trinajstić information content (AvgIpc) is 2.25. The molecule has 0 spiro atoms. The van der Waals surface area contributed by atoms with Crippen LogP contribution in [0.3, 0.4) is 0 Å². The Balaban J connectivity index is 2.60. The Hall–Kier alpha value is -0.720. The molecule has 0 aliphatic heterocycles. The molecule has 90 valence electrons. The van der Waals surface area contributed by atoms with Crippen molar-refractivity contribution in [1.29, 1.82) is 0 Å². The summed E-state index contributed by atoms with van der Waals surface area (Å²) >= 11 is 1.21. The van der Waals surface area contributed by atoms with E-state index in [1.807, 2.05) is 0 Å². The molecule has 1 aromatic carbocycles. The number of anilines is 1. The van der Waals surface area contributed by atoms with Crippen molar-refractivity contribution in [1.82, 2.24) is 4.13 Å². The Morgan fingerprint density at radius 3 is 2.50 bits per heavy atom. The van der Waals surface area contributed by atoms with Crippen molar-refractivity contribution in [2.75, 3.05) is 11.5 Å². The summed E-state index contributed by atoms with van der Waals surface area (Å²) in [5.41, 5.74) is 6.04. The molecular weight excluding hydrogens is 244 g/mol. The summed E-state index contributed by atoms with van der Waals surface area (Å²) in [6, 6.07) is 6.15. The molecule has 6 heteroatoms. The molecule has 0 heterocycles. The molecule has 3 N–H and O–H groups in total. The molecule has 0 aromatic heterocycles. The largest absolute Gasteiger partial charge is 0.399 e. The molecule has 0 atom stereocenters. The minimum atomic E-state index is -3.40. The lowest BCUT2D eigenvalue weighted by atomic mass is 10.3. The van der Waals surface area contributed by atoms with E-state index in [0.717, 1.165) is 18.6 Å². The maximum atomic E-state index is 11.7. The van der Waals surface area contributed by atoms with Gasteiger partial charge in [-0.1, -0.05) is 25.3 Å². The van der Waals surface area contributed by atoms with Gasteiger partial charge in [-0.05, 0) is 30.7 Å². The van der Waals surface area contributed by atoms with Crippen LogP contribution in [-0.2, 0) is 10.0 Å². The van der Waals surface area contributed by atoms with Crippen molar-refractivity contribution < 1.29 is 8.42 Å². The van der Waals surface area contributed by atoms with Gasteiger partial charge in [0.2, 0.25) is 10.0 Å². The van der Waals surface area contributed by atoms with E-state index in [0.29, 0.717) is 5.69 Å². The van der Waals surface area contributed by atoms with E-state index < -0.39 is 10.0 Å². The van der Waals surface area contributed by atoms with Gasteiger partial charge >= 0.3 is 0 Å². The lowest BCUT2D eigenvalue weighted by molar-refractivity contribution is 0.594. The highest BCUT2D eigenvalue weighted by molar-refractivity contribution is 8.09. The highest BCUT2D eigenvalue weighted by Gasteiger charge is 2.12. The van der Waals surface area contributed by atoms with Crippen LogP contribution in [0.1, 0.15) is 19.8 Å². The summed E-state index contributed by atoms with van der Waals surface area (Å²) in [5, 5.41) is 0. The zero-order valence-electron chi connectivity index (χ0n) is 9.14. The first-order valence-electron chi connectivity index (χ1n) is 5.05. The van der Waals surface area contributed by atoms with Crippen LogP contribution < -0.4 is 9.86 Å². The molecular formula is C10H16N2O2S2. The molecule has 0 unspecified atom stereocenters. The number of sulfonamides is 1. The maximum Gasteiger partial charge on any atom is 0.249 e. The highest BCUT2D eigenvalue weighted by atomic mass is 32.3. The van der Waals surface area contributed by atoms with Crippen LogP contribution in [0.25, 0.3) is 0 Å². The summed E-state index contributed by atoms with van der Waals surface area (Å²) < 4.78 is 25.9. The van der Waals surface area contributed by atoms with Crippen LogP contribution in [0.5, 0.6) is 0 Å². The van der Waals surface area contributed by atoms with Gasteiger partial charge in [-0.2, -0.15) is 4.13 Å². The first-order chi connectivity index (χ1) is 7.56. The number of nitrogens with two attached hydrogens (primary N) is 1. The fourth-order valence-corrected chi connectivity index (χ4v) is 3.30. The van der Waals surface area contributed by atoms with E-state index >= 15 is 0 Å². The normalized spacial score (nSPS) is 11.6. The van der Waals surface area contributed by atoms with E-state index in [1.54, 1.807) is 12.1 Å². The summed E-state index contributed by atoms with van der Waals surface area (Å²) in [5.74, 6) is 0.782. The lowest BCUT2D eigenvalue weighted by Gasteiger charge is -2.05. The zero-order valence-corrected chi connectivity index (χ0v) is 10.8. The standard InChI is InChI=1S/C10H16N2O2S2/c1-2-3-8-15-12-16(13,14)10-6-4-9(11)5-7-10/h4-7,12H,2-3,8,11H2,1H3. The van der Waals surface area contributed by atoms with E-state index in [2.05, 4.69) is 11.1 Å². The Bertz CT molecular complexity index is 415. The minimum Gasteiger partial charge on any atom is -0.399 e. The van der Waals surface area contributed by atoms with Crippen LogP contribution in [0, 0.1) is 0 Å². The Labute approximate surface area is 101 Å². The van der Waals surface area contributed by atoms with Crippen LogP contribution in [0.15, 0.2) is 29.2 Å². The van der Waals surface area contributed by atoms with Crippen molar-refractivity contribution in [3.63, 3.8) is 0 Å². The molecule has 1 aromatic rings. The molecule has 0 bridgehead atoms. The average molecular weight is 260 g/mol. The number of benzene rings is 1. The van der Waals surface area contributed by atoms with Gasteiger partial charge in [-0.15, -0.1) is 0 Å². The maximum absolute atomic E-state index is 11.7. The Kier molecular flexibility index (Phi) is 5.11. The van der Waals surface area contributed by atoms with Crippen molar-refractivity contribution in [3.8, 4) is 0 Å². The molecule has 0 aliphatic carbocycles. The predicted octanol–water partition coefficient (Wildman–Crippen LogP) is 2.00. The van der Waals surface area contributed by atoms with Gasteiger partial charge in [0.05, 0.1) is 4.90 Å². The van der Waals surface area contributed by atoms with Crippen molar-refractivity contribution in [2.24, 2.45) is 0 Å². The quantitative estimate of drug-likeness (QED) is 0.466. The molecule has 0 saturated carbocycles. The molecule has 0 radical (unpaired) electrons. The van der Waals surface area contributed by atoms with Gasteiger partial charge in [0.1, 0.15) is 0 Å². The van der Waals surface area contributed by atoms with Crippen molar-refractivity contribution in [3.05, 3.63) is 24.3 Å². The molecule has 0 aliphatic rings. The highest BCUT2D eigenvalue weighted by Crippen LogP contribution is 2.14. The number of nitrogen functional groups attached to an aromatic ring is 1. The monoisotopic (exact) mass is 260 g/mol. The van der Waals surface area contributed by atoms with Crippen LogP contribution in [-0.4, -0.2) is 14.2 Å². The second-order valence-electron chi connectivity index (χ2n) is 3.36. The van der Waals surface area contributed by atoms with E-state index in [4.69, 9.17) is 5.73 Å². The second kappa shape index (κ2) is 6.12.